The Balaban J connectivity index is 3.16. The van der Waals surface area contributed by atoms with Crippen molar-refractivity contribution in [2.24, 2.45) is 0 Å². The molecule has 0 aromatic heterocycles. The summed E-state index contributed by atoms with van der Waals surface area (Å²) in [4.78, 5) is 0. The average Bonchev–Trinajstić information content (AvgIpc) is 2.21. The van der Waals surface area contributed by atoms with Crippen LogP contribution in [0, 0.1) is 6.92 Å². The topological polar surface area (TPSA) is 29.5 Å². The summed E-state index contributed by atoms with van der Waals surface area (Å²) in [5.74, 6) is 0.728. The Kier molecular flexibility index (Phi) is 4.63. The van der Waals surface area contributed by atoms with Crippen molar-refractivity contribution in [2.75, 3.05) is 0 Å². The highest BCUT2D eigenvalue weighted by atomic mass is 35.5. The van der Waals surface area contributed by atoms with Gasteiger partial charge in [-0.3, -0.25) is 0 Å². The van der Waals surface area contributed by atoms with E-state index >= 15 is 0 Å². The normalized spacial score (nSPS) is 12.9. The van der Waals surface area contributed by atoms with Crippen LogP contribution < -0.4 is 4.74 Å². The van der Waals surface area contributed by atoms with E-state index in [9.17, 15) is 5.11 Å². The zero-order chi connectivity index (χ0) is 12.3. The molecule has 1 unspecified atom stereocenters. The largest absolute Gasteiger partial charge is 0.491 e. The van der Waals surface area contributed by atoms with Gasteiger partial charge in [0.15, 0.2) is 0 Å². The van der Waals surface area contributed by atoms with E-state index in [0.29, 0.717) is 11.4 Å². The number of halogens is 1. The van der Waals surface area contributed by atoms with E-state index in [2.05, 4.69) is 0 Å². The molecule has 0 radical (unpaired) electrons. The van der Waals surface area contributed by atoms with Gasteiger partial charge in [0.25, 0.3) is 0 Å². The van der Waals surface area contributed by atoms with Crippen molar-refractivity contribution in [3.8, 4) is 5.75 Å². The summed E-state index contributed by atoms with van der Waals surface area (Å²) in [6.45, 7) is 7.79. The van der Waals surface area contributed by atoms with Gasteiger partial charge in [0, 0.05) is 10.6 Å². The van der Waals surface area contributed by atoms with E-state index in [0.717, 1.165) is 16.9 Å². The number of aliphatic hydroxyl groups excluding tert-OH is 1. The Morgan fingerprint density at radius 3 is 2.50 bits per heavy atom. The molecule has 0 aliphatic carbocycles. The van der Waals surface area contributed by atoms with Gasteiger partial charge >= 0.3 is 0 Å². The molecular formula is C13H19ClO2. The Labute approximate surface area is 102 Å². The van der Waals surface area contributed by atoms with Crippen LogP contribution in [0.2, 0.25) is 5.02 Å². The molecular weight excluding hydrogens is 224 g/mol. The molecule has 0 spiro atoms. The predicted molar refractivity (Wildman–Crippen MR) is 67.2 cm³/mol. The third kappa shape index (κ3) is 3.13. The molecule has 1 aromatic rings. The van der Waals surface area contributed by atoms with E-state index in [-0.39, 0.29) is 6.10 Å². The highest BCUT2D eigenvalue weighted by Crippen LogP contribution is 2.33. The standard InChI is InChI=1S/C13H19ClO2/c1-5-12(15)10-7-11(14)9(4)6-13(10)16-8(2)3/h6-8,12,15H,5H2,1-4H3. The smallest absolute Gasteiger partial charge is 0.125 e. The average molecular weight is 243 g/mol. The van der Waals surface area contributed by atoms with Crippen LogP contribution in [-0.2, 0) is 0 Å². The van der Waals surface area contributed by atoms with Gasteiger partial charge in [-0.25, -0.2) is 0 Å². The third-order valence-electron chi connectivity index (χ3n) is 2.40. The highest BCUT2D eigenvalue weighted by Gasteiger charge is 2.15. The maximum absolute atomic E-state index is 9.90. The van der Waals surface area contributed by atoms with Gasteiger partial charge in [-0.05, 0) is 44.9 Å². The Hall–Kier alpha value is -0.730. The summed E-state index contributed by atoms with van der Waals surface area (Å²) >= 11 is 6.06. The lowest BCUT2D eigenvalue weighted by atomic mass is 10.0. The number of rotatable bonds is 4. The first-order valence-electron chi connectivity index (χ1n) is 5.60. The Morgan fingerprint density at radius 1 is 1.38 bits per heavy atom. The number of hydrogen-bond acceptors (Lipinski definition) is 2. The van der Waals surface area contributed by atoms with Gasteiger partial charge < -0.3 is 9.84 Å². The van der Waals surface area contributed by atoms with Gasteiger partial charge in [-0.2, -0.15) is 0 Å². The monoisotopic (exact) mass is 242 g/mol. The molecule has 0 aliphatic rings. The van der Waals surface area contributed by atoms with Crippen molar-refractivity contribution in [1.82, 2.24) is 0 Å². The SMILES string of the molecule is CCC(O)c1cc(Cl)c(C)cc1OC(C)C. The molecule has 1 rings (SSSR count). The lowest BCUT2D eigenvalue weighted by Crippen LogP contribution is -2.09. The fourth-order valence-corrected chi connectivity index (χ4v) is 1.68. The molecule has 0 aliphatic heterocycles. The molecule has 2 nitrogen and oxygen atoms in total. The van der Waals surface area contributed by atoms with Gasteiger partial charge in [-0.1, -0.05) is 18.5 Å². The summed E-state index contributed by atoms with van der Waals surface area (Å²) in [5, 5.41) is 10.6. The maximum atomic E-state index is 9.90. The molecule has 0 bridgehead atoms. The Morgan fingerprint density at radius 2 is 2.00 bits per heavy atom. The quantitative estimate of drug-likeness (QED) is 0.868. The van der Waals surface area contributed by atoms with Crippen LogP contribution in [0.25, 0.3) is 0 Å². The van der Waals surface area contributed by atoms with Gasteiger partial charge in [0.1, 0.15) is 5.75 Å². The predicted octanol–water partition coefficient (Wildman–Crippen LogP) is 3.88. The van der Waals surface area contributed by atoms with Crippen LogP contribution in [0.3, 0.4) is 0 Å². The minimum absolute atomic E-state index is 0.0865. The molecule has 16 heavy (non-hydrogen) atoms. The minimum Gasteiger partial charge on any atom is -0.491 e. The van der Waals surface area contributed by atoms with E-state index in [1.54, 1.807) is 6.07 Å². The summed E-state index contributed by atoms with van der Waals surface area (Å²) in [6, 6.07) is 3.68. The number of hydrogen-bond donors (Lipinski definition) is 1. The van der Waals surface area contributed by atoms with Crippen LogP contribution in [0.1, 0.15) is 44.4 Å². The first kappa shape index (κ1) is 13.3. The fourth-order valence-electron chi connectivity index (χ4n) is 1.51. The molecule has 0 saturated carbocycles. The molecule has 1 atom stereocenters. The first-order chi connectivity index (χ1) is 7.45. The lowest BCUT2D eigenvalue weighted by molar-refractivity contribution is 0.162. The van der Waals surface area contributed by atoms with Crippen LogP contribution in [0.15, 0.2) is 12.1 Å². The number of aryl methyl sites for hydroxylation is 1. The molecule has 0 heterocycles. The molecule has 0 saturated heterocycles. The molecule has 1 N–H and O–H groups in total. The van der Waals surface area contributed by atoms with Crippen molar-refractivity contribution < 1.29 is 9.84 Å². The number of benzene rings is 1. The molecule has 1 aromatic carbocycles. The van der Waals surface area contributed by atoms with Crippen molar-refractivity contribution >= 4 is 11.6 Å². The number of aliphatic hydroxyl groups is 1. The van der Waals surface area contributed by atoms with Gasteiger partial charge in [-0.15, -0.1) is 0 Å². The van der Waals surface area contributed by atoms with Crippen molar-refractivity contribution in [3.63, 3.8) is 0 Å². The maximum Gasteiger partial charge on any atom is 0.125 e. The van der Waals surface area contributed by atoms with E-state index in [4.69, 9.17) is 16.3 Å². The highest BCUT2D eigenvalue weighted by molar-refractivity contribution is 6.31. The summed E-state index contributed by atoms with van der Waals surface area (Å²) < 4.78 is 5.69. The fraction of sp³-hybridized carbons (Fsp3) is 0.538. The zero-order valence-electron chi connectivity index (χ0n) is 10.2. The summed E-state index contributed by atoms with van der Waals surface area (Å²) in [6.07, 6.45) is 0.212. The van der Waals surface area contributed by atoms with Gasteiger partial charge in [0.2, 0.25) is 0 Å². The minimum atomic E-state index is -0.521. The van der Waals surface area contributed by atoms with E-state index in [1.807, 2.05) is 33.8 Å². The second-order valence-corrected chi connectivity index (χ2v) is 4.64. The molecule has 90 valence electrons. The molecule has 0 amide bonds. The second-order valence-electron chi connectivity index (χ2n) is 4.23. The van der Waals surface area contributed by atoms with Crippen molar-refractivity contribution in [3.05, 3.63) is 28.3 Å². The lowest BCUT2D eigenvalue weighted by Gasteiger charge is -2.18. The van der Waals surface area contributed by atoms with Crippen LogP contribution in [0.4, 0.5) is 0 Å². The van der Waals surface area contributed by atoms with E-state index in [1.165, 1.54) is 0 Å². The second kappa shape index (κ2) is 5.55. The van der Waals surface area contributed by atoms with Crippen LogP contribution in [0.5, 0.6) is 5.75 Å². The zero-order valence-corrected chi connectivity index (χ0v) is 11.0. The van der Waals surface area contributed by atoms with E-state index < -0.39 is 6.10 Å². The van der Waals surface area contributed by atoms with Crippen molar-refractivity contribution in [1.29, 1.82) is 0 Å². The summed E-state index contributed by atoms with van der Waals surface area (Å²) in [5.41, 5.74) is 1.73. The number of ether oxygens (including phenoxy) is 1. The first-order valence-corrected chi connectivity index (χ1v) is 5.98. The molecule has 0 fully saturated rings. The van der Waals surface area contributed by atoms with Crippen LogP contribution in [-0.4, -0.2) is 11.2 Å². The molecule has 3 heteroatoms. The Bertz CT molecular complexity index is 361. The van der Waals surface area contributed by atoms with Crippen LogP contribution >= 0.6 is 11.6 Å². The summed E-state index contributed by atoms with van der Waals surface area (Å²) in [7, 11) is 0. The van der Waals surface area contributed by atoms with Crippen molar-refractivity contribution in [2.45, 2.75) is 46.3 Å². The third-order valence-corrected chi connectivity index (χ3v) is 2.81. The van der Waals surface area contributed by atoms with Gasteiger partial charge in [0.05, 0.1) is 12.2 Å².